The molecule has 0 heterocycles. The third kappa shape index (κ3) is 23.5. The topological polar surface area (TPSA) is 124 Å². The summed E-state index contributed by atoms with van der Waals surface area (Å²) >= 11 is 0. The van der Waals surface area contributed by atoms with Gasteiger partial charge in [-0.15, -0.1) is 0 Å². The van der Waals surface area contributed by atoms with Gasteiger partial charge in [0, 0.05) is 26.2 Å². The molecule has 0 atom stereocenters. The van der Waals surface area contributed by atoms with E-state index in [9.17, 15) is 0 Å². The average Bonchev–Trinajstić information content (AvgIpc) is 1.69. The van der Waals surface area contributed by atoms with E-state index in [1.807, 2.05) is 0 Å². The molecular weight excluding hydrogens is 146 g/mol. The van der Waals surface area contributed by atoms with Crippen LogP contribution in [-0.4, -0.2) is 60.2 Å². The van der Waals surface area contributed by atoms with Crippen molar-refractivity contribution in [3.63, 3.8) is 0 Å². The Balaban J connectivity index is -0.0000000600. The van der Waals surface area contributed by atoms with Crippen molar-refractivity contribution in [3.05, 3.63) is 0 Å². The van der Waals surface area contributed by atoms with Gasteiger partial charge in [0.05, 0.1) is 0 Å². The van der Waals surface area contributed by atoms with Crippen molar-refractivity contribution in [2.45, 2.75) is 0 Å². The SMILES string of the molecule is NCCNCCN.[Mg+2].[OH-].[OH-]. The monoisotopic (exact) mass is 161 g/mol. The predicted molar refractivity (Wildman–Crippen MR) is 40.6 cm³/mol. The number of nitrogens with two attached hydrogens (primary N) is 2. The largest absolute Gasteiger partial charge is 2.00 e. The summed E-state index contributed by atoms with van der Waals surface area (Å²) < 4.78 is 0. The van der Waals surface area contributed by atoms with Crippen LogP contribution in [0.25, 0.3) is 0 Å². The Morgan fingerprint density at radius 1 is 0.900 bits per heavy atom. The van der Waals surface area contributed by atoms with E-state index in [1.54, 1.807) is 0 Å². The van der Waals surface area contributed by atoms with Crippen LogP contribution in [0.3, 0.4) is 0 Å². The fraction of sp³-hybridized carbons (Fsp3) is 1.00. The Morgan fingerprint density at radius 2 is 1.20 bits per heavy atom. The van der Waals surface area contributed by atoms with E-state index in [0.717, 1.165) is 13.1 Å². The summed E-state index contributed by atoms with van der Waals surface area (Å²) in [4.78, 5) is 0. The van der Waals surface area contributed by atoms with Gasteiger partial charge in [0.15, 0.2) is 0 Å². The summed E-state index contributed by atoms with van der Waals surface area (Å²) in [6.45, 7) is 3.13. The molecule has 6 heteroatoms. The second-order valence-electron chi connectivity index (χ2n) is 1.33. The van der Waals surface area contributed by atoms with Crippen molar-refractivity contribution in [3.8, 4) is 0 Å². The first kappa shape index (κ1) is 22.4. The number of hydrogen-bond acceptors (Lipinski definition) is 5. The van der Waals surface area contributed by atoms with E-state index < -0.39 is 0 Å². The van der Waals surface area contributed by atoms with Gasteiger partial charge in [-0.2, -0.15) is 0 Å². The quantitative estimate of drug-likeness (QED) is 0.318. The van der Waals surface area contributed by atoms with Crippen LogP contribution in [0.5, 0.6) is 0 Å². The van der Waals surface area contributed by atoms with Crippen LogP contribution < -0.4 is 16.8 Å². The molecule has 0 spiro atoms. The second kappa shape index (κ2) is 22.7. The van der Waals surface area contributed by atoms with Crippen LogP contribution in [0, 0.1) is 0 Å². The fourth-order valence-electron chi connectivity index (χ4n) is 0.329. The molecule has 0 bridgehead atoms. The third-order valence-corrected chi connectivity index (χ3v) is 0.642. The average molecular weight is 161 g/mol. The maximum absolute atomic E-state index is 5.17. The van der Waals surface area contributed by atoms with E-state index in [0.29, 0.717) is 13.1 Å². The molecule has 0 aromatic heterocycles. The first-order valence-electron chi connectivity index (χ1n) is 2.52. The normalized spacial score (nSPS) is 6.60. The van der Waals surface area contributed by atoms with Crippen molar-refractivity contribution in [2.24, 2.45) is 11.5 Å². The van der Waals surface area contributed by atoms with Crippen molar-refractivity contribution < 1.29 is 11.0 Å². The molecule has 0 fully saturated rings. The molecule has 0 aliphatic carbocycles. The summed E-state index contributed by atoms with van der Waals surface area (Å²) in [5, 5.41) is 3.03. The van der Waals surface area contributed by atoms with Gasteiger partial charge >= 0.3 is 23.1 Å². The Bertz CT molecular complexity index is 37.7. The van der Waals surface area contributed by atoms with Crippen LogP contribution in [0.1, 0.15) is 0 Å². The first-order chi connectivity index (χ1) is 3.41. The number of nitrogens with one attached hydrogen (secondary N) is 1. The van der Waals surface area contributed by atoms with E-state index in [4.69, 9.17) is 11.5 Å². The molecule has 7 N–H and O–H groups in total. The molecule has 0 unspecified atom stereocenters. The van der Waals surface area contributed by atoms with Crippen LogP contribution in [0.2, 0.25) is 0 Å². The molecular formula is C4H15MgN3O2. The molecule has 10 heavy (non-hydrogen) atoms. The number of rotatable bonds is 4. The minimum atomic E-state index is 0. The van der Waals surface area contributed by atoms with Crippen LogP contribution in [-0.2, 0) is 0 Å². The van der Waals surface area contributed by atoms with Crippen molar-refractivity contribution in [2.75, 3.05) is 26.2 Å². The Kier molecular flexibility index (Phi) is 50.8. The van der Waals surface area contributed by atoms with Gasteiger partial charge < -0.3 is 27.7 Å². The summed E-state index contributed by atoms with van der Waals surface area (Å²) in [6.07, 6.45) is 0. The minimum absolute atomic E-state index is 0. The van der Waals surface area contributed by atoms with E-state index in [1.165, 1.54) is 0 Å². The van der Waals surface area contributed by atoms with Gasteiger partial charge in [0.1, 0.15) is 0 Å². The predicted octanol–water partition coefficient (Wildman–Crippen LogP) is -2.24. The maximum atomic E-state index is 5.17. The molecule has 0 saturated heterocycles. The zero-order valence-electron chi connectivity index (χ0n) is 6.08. The molecule has 0 amide bonds. The smallest absolute Gasteiger partial charge is 0.870 e. The molecule has 5 nitrogen and oxygen atoms in total. The molecule has 0 aliphatic rings. The van der Waals surface area contributed by atoms with Gasteiger partial charge in [-0.3, -0.25) is 0 Å². The summed E-state index contributed by atoms with van der Waals surface area (Å²) in [5.41, 5.74) is 10.3. The van der Waals surface area contributed by atoms with E-state index in [-0.39, 0.29) is 34.0 Å². The van der Waals surface area contributed by atoms with Crippen LogP contribution in [0.15, 0.2) is 0 Å². The number of hydrogen-bond donors (Lipinski definition) is 3. The summed E-state index contributed by atoms with van der Waals surface area (Å²) in [6, 6.07) is 0. The van der Waals surface area contributed by atoms with E-state index in [2.05, 4.69) is 5.32 Å². The van der Waals surface area contributed by atoms with Gasteiger partial charge in [0.25, 0.3) is 0 Å². The molecule has 0 aliphatic heterocycles. The maximum Gasteiger partial charge on any atom is 2.00 e. The molecule has 60 valence electrons. The fourth-order valence-corrected chi connectivity index (χ4v) is 0.329. The summed E-state index contributed by atoms with van der Waals surface area (Å²) in [7, 11) is 0. The molecule has 0 saturated carbocycles. The van der Waals surface area contributed by atoms with Crippen LogP contribution >= 0.6 is 0 Å². The Morgan fingerprint density at radius 3 is 1.40 bits per heavy atom. The third-order valence-electron chi connectivity index (χ3n) is 0.642. The second-order valence-corrected chi connectivity index (χ2v) is 1.33. The molecule has 0 aromatic rings. The van der Waals surface area contributed by atoms with Gasteiger partial charge in [-0.1, -0.05) is 0 Å². The summed E-state index contributed by atoms with van der Waals surface area (Å²) in [5.74, 6) is 0. The Hall–Kier alpha value is 0.566. The zero-order valence-corrected chi connectivity index (χ0v) is 7.50. The van der Waals surface area contributed by atoms with E-state index >= 15 is 0 Å². The van der Waals surface area contributed by atoms with Gasteiger partial charge in [0.2, 0.25) is 0 Å². The Labute approximate surface area is 77.3 Å². The minimum Gasteiger partial charge on any atom is -0.870 e. The molecule has 0 rings (SSSR count). The van der Waals surface area contributed by atoms with Crippen molar-refractivity contribution in [1.29, 1.82) is 0 Å². The van der Waals surface area contributed by atoms with Crippen LogP contribution in [0.4, 0.5) is 0 Å². The van der Waals surface area contributed by atoms with Crippen molar-refractivity contribution >= 4 is 23.1 Å². The standard InChI is InChI=1S/C4H13N3.Mg.2H2O/c5-1-3-7-4-2-6;;;/h7H,1-6H2;;2*1H2/q;+2;;/p-2. The van der Waals surface area contributed by atoms with Gasteiger partial charge in [-0.05, 0) is 0 Å². The molecule has 0 radical (unpaired) electrons. The van der Waals surface area contributed by atoms with Gasteiger partial charge in [-0.25, -0.2) is 0 Å². The zero-order chi connectivity index (χ0) is 5.54. The van der Waals surface area contributed by atoms with Crippen molar-refractivity contribution in [1.82, 2.24) is 5.32 Å². The molecule has 0 aromatic carbocycles. The first-order valence-corrected chi connectivity index (χ1v) is 2.52.